The normalized spacial score (nSPS) is 12.9. The van der Waals surface area contributed by atoms with Crippen molar-refractivity contribution >= 4 is 18.0 Å². The average molecular weight is 479 g/mol. The summed E-state index contributed by atoms with van der Waals surface area (Å²) in [4.78, 5) is 39.8. The van der Waals surface area contributed by atoms with E-state index in [1.165, 1.54) is 19.6 Å². The summed E-state index contributed by atoms with van der Waals surface area (Å²) in [6, 6.07) is 15.1. The highest BCUT2D eigenvalue weighted by Crippen LogP contribution is 2.44. The lowest BCUT2D eigenvalue weighted by atomic mass is 9.98. The molecule has 1 aromatic heterocycles. The summed E-state index contributed by atoms with van der Waals surface area (Å²) in [7, 11) is 1.43. The van der Waals surface area contributed by atoms with E-state index >= 15 is 0 Å². The van der Waals surface area contributed by atoms with Crippen molar-refractivity contribution in [1.82, 2.24) is 20.2 Å². The summed E-state index contributed by atoms with van der Waals surface area (Å²) in [5.41, 5.74) is 4.37. The van der Waals surface area contributed by atoms with Gasteiger partial charge in [-0.25, -0.2) is 14.6 Å². The minimum absolute atomic E-state index is 0.0374. The first-order valence-electron chi connectivity index (χ1n) is 11.1. The molecule has 2 aromatic carbocycles. The van der Waals surface area contributed by atoms with Gasteiger partial charge in [-0.15, -0.1) is 0 Å². The van der Waals surface area contributed by atoms with E-state index < -0.39 is 24.0 Å². The maximum atomic E-state index is 12.6. The fraction of sp³-hybridized carbons (Fsp3) is 0.280. The number of rotatable bonds is 10. The predicted octanol–water partition coefficient (Wildman–Crippen LogP) is 2.25. The van der Waals surface area contributed by atoms with Gasteiger partial charge in [0.2, 0.25) is 5.91 Å². The molecule has 35 heavy (non-hydrogen) atoms. The van der Waals surface area contributed by atoms with Crippen molar-refractivity contribution in [3.63, 3.8) is 0 Å². The highest BCUT2D eigenvalue weighted by molar-refractivity contribution is 5.86. The van der Waals surface area contributed by atoms with Crippen LogP contribution in [0.1, 0.15) is 27.5 Å². The zero-order valence-corrected chi connectivity index (χ0v) is 19.1. The Morgan fingerprint density at radius 1 is 1.09 bits per heavy atom. The number of carbonyl (C=O) groups excluding carboxylic acids is 2. The number of nitrogens with one attached hydrogen (secondary N) is 2. The fourth-order valence-electron chi connectivity index (χ4n) is 4.16. The number of carboxylic acids is 1. The molecule has 182 valence electrons. The molecule has 1 aliphatic carbocycles. The third-order valence-electron chi connectivity index (χ3n) is 5.81. The Hall–Kier alpha value is -4.18. The van der Waals surface area contributed by atoms with Gasteiger partial charge in [0.05, 0.1) is 12.9 Å². The van der Waals surface area contributed by atoms with E-state index in [1.807, 2.05) is 36.4 Å². The summed E-state index contributed by atoms with van der Waals surface area (Å²) in [6.45, 7) is 0.621. The molecule has 3 N–H and O–H groups in total. The quantitative estimate of drug-likeness (QED) is 0.407. The number of carbonyl (C=O) groups is 3. The molecule has 2 amide bonds. The van der Waals surface area contributed by atoms with E-state index in [-0.39, 0.29) is 31.4 Å². The van der Waals surface area contributed by atoms with Crippen LogP contribution in [0, 0.1) is 0 Å². The minimum atomic E-state index is -1.12. The molecule has 3 aromatic rings. The third-order valence-corrected chi connectivity index (χ3v) is 5.81. The van der Waals surface area contributed by atoms with Gasteiger partial charge in [0.1, 0.15) is 12.6 Å². The monoisotopic (exact) mass is 478 g/mol. The number of hydrogen-bond donors (Lipinski definition) is 3. The zero-order chi connectivity index (χ0) is 24.8. The lowest BCUT2D eigenvalue weighted by Gasteiger charge is -2.19. The standard InChI is InChI=1S/C25H26N4O6/c1-34-14-22(23(30)26-10-11-29-12-21(24(31)32)27-15-29)28-25(33)35-13-20-18-8-4-2-6-16(18)17-7-3-5-9-19(17)20/h2-9,12,15,20,22H,10-11,13-14H2,1H3,(H,26,30)(H,28,33)(H,31,32)/t22-/m0/s1. The predicted molar refractivity (Wildman–Crippen MR) is 126 cm³/mol. The minimum Gasteiger partial charge on any atom is -0.476 e. The van der Waals surface area contributed by atoms with Crippen LogP contribution in [0.25, 0.3) is 11.1 Å². The lowest BCUT2D eigenvalue weighted by molar-refractivity contribution is -0.124. The Balaban J connectivity index is 1.31. The fourth-order valence-corrected chi connectivity index (χ4v) is 4.16. The Bertz CT molecular complexity index is 1180. The summed E-state index contributed by atoms with van der Waals surface area (Å²) in [5, 5.41) is 14.2. The number of nitrogens with zero attached hydrogens (tertiary/aromatic N) is 2. The highest BCUT2D eigenvalue weighted by atomic mass is 16.5. The van der Waals surface area contributed by atoms with Gasteiger partial charge in [-0.3, -0.25) is 4.79 Å². The number of benzene rings is 2. The van der Waals surface area contributed by atoms with Crippen molar-refractivity contribution in [3.05, 3.63) is 77.9 Å². The molecule has 0 bridgehead atoms. The first-order chi connectivity index (χ1) is 17.0. The van der Waals surface area contributed by atoms with E-state index in [1.54, 1.807) is 4.57 Å². The van der Waals surface area contributed by atoms with Crippen molar-refractivity contribution in [3.8, 4) is 11.1 Å². The molecule has 0 aliphatic heterocycles. The molecule has 1 heterocycles. The second-order valence-corrected chi connectivity index (χ2v) is 8.07. The molecular formula is C25H26N4O6. The van der Waals surface area contributed by atoms with Crippen molar-refractivity contribution in [1.29, 1.82) is 0 Å². The summed E-state index contributed by atoms with van der Waals surface area (Å²) >= 11 is 0. The largest absolute Gasteiger partial charge is 0.476 e. The van der Waals surface area contributed by atoms with Gasteiger partial charge >= 0.3 is 12.1 Å². The number of methoxy groups -OCH3 is 1. The molecular weight excluding hydrogens is 452 g/mol. The van der Waals surface area contributed by atoms with E-state index in [2.05, 4.69) is 27.8 Å². The second-order valence-electron chi connectivity index (χ2n) is 8.07. The maximum Gasteiger partial charge on any atom is 0.407 e. The van der Waals surface area contributed by atoms with Crippen LogP contribution in [-0.2, 0) is 20.8 Å². The van der Waals surface area contributed by atoms with Crippen LogP contribution in [-0.4, -0.2) is 65.5 Å². The van der Waals surface area contributed by atoms with Crippen molar-refractivity contribution in [2.24, 2.45) is 0 Å². The Morgan fingerprint density at radius 2 is 1.74 bits per heavy atom. The number of aromatic carboxylic acids is 1. The highest BCUT2D eigenvalue weighted by Gasteiger charge is 2.29. The topological polar surface area (TPSA) is 132 Å². The summed E-state index contributed by atoms with van der Waals surface area (Å²) in [5.74, 6) is -1.66. The second kappa shape index (κ2) is 10.8. The molecule has 1 aliphatic rings. The molecule has 0 saturated heterocycles. The third kappa shape index (κ3) is 5.49. The molecule has 0 unspecified atom stereocenters. The van der Waals surface area contributed by atoms with Crippen LogP contribution >= 0.6 is 0 Å². The molecule has 10 nitrogen and oxygen atoms in total. The van der Waals surface area contributed by atoms with Gasteiger partial charge < -0.3 is 29.8 Å². The van der Waals surface area contributed by atoms with Gasteiger partial charge in [-0.05, 0) is 22.3 Å². The molecule has 10 heteroatoms. The van der Waals surface area contributed by atoms with Crippen molar-refractivity contribution in [2.75, 3.05) is 26.9 Å². The van der Waals surface area contributed by atoms with Gasteiger partial charge in [-0.1, -0.05) is 48.5 Å². The number of ether oxygens (including phenoxy) is 2. The number of fused-ring (bicyclic) bond motifs is 3. The SMILES string of the molecule is COC[C@H](NC(=O)OCC1c2ccccc2-c2ccccc21)C(=O)NCCn1cnc(C(=O)O)c1. The van der Waals surface area contributed by atoms with Crippen molar-refractivity contribution in [2.45, 2.75) is 18.5 Å². The summed E-state index contributed by atoms with van der Waals surface area (Å²) in [6.07, 6.45) is 2.03. The number of carboxylic acid groups (broad SMARTS) is 1. The number of imidazole rings is 1. The zero-order valence-electron chi connectivity index (χ0n) is 19.1. The average Bonchev–Trinajstić information content (AvgIpc) is 3.46. The van der Waals surface area contributed by atoms with Crippen LogP contribution in [0.2, 0.25) is 0 Å². The van der Waals surface area contributed by atoms with E-state index in [0.717, 1.165) is 22.3 Å². The first-order valence-corrected chi connectivity index (χ1v) is 11.1. The lowest BCUT2D eigenvalue weighted by Crippen LogP contribution is -2.50. The molecule has 0 fully saturated rings. The van der Waals surface area contributed by atoms with Crippen LogP contribution in [0.5, 0.6) is 0 Å². The molecule has 4 rings (SSSR count). The molecule has 0 radical (unpaired) electrons. The van der Waals surface area contributed by atoms with E-state index in [4.69, 9.17) is 14.6 Å². The van der Waals surface area contributed by atoms with Crippen molar-refractivity contribution < 1.29 is 29.0 Å². The molecule has 0 saturated carbocycles. The van der Waals surface area contributed by atoms with Crippen LogP contribution < -0.4 is 10.6 Å². The Kier molecular flexibility index (Phi) is 7.41. The first kappa shape index (κ1) is 24.0. The van der Waals surface area contributed by atoms with E-state index in [9.17, 15) is 14.4 Å². The van der Waals surface area contributed by atoms with Crippen LogP contribution in [0.4, 0.5) is 4.79 Å². The van der Waals surface area contributed by atoms with Gasteiger partial charge in [0.15, 0.2) is 5.69 Å². The molecule has 0 spiro atoms. The van der Waals surface area contributed by atoms with Crippen LogP contribution in [0.3, 0.4) is 0 Å². The van der Waals surface area contributed by atoms with Gasteiger partial charge in [0.25, 0.3) is 0 Å². The van der Waals surface area contributed by atoms with E-state index in [0.29, 0.717) is 6.54 Å². The number of hydrogen-bond acceptors (Lipinski definition) is 6. The summed E-state index contributed by atoms with van der Waals surface area (Å²) < 4.78 is 12.1. The molecule has 1 atom stereocenters. The number of aromatic nitrogens is 2. The van der Waals surface area contributed by atoms with Gasteiger partial charge in [-0.2, -0.15) is 0 Å². The number of amides is 2. The Labute approximate surface area is 201 Å². The smallest absolute Gasteiger partial charge is 0.407 e. The number of alkyl carbamates (subject to hydrolysis) is 1. The maximum absolute atomic E-state index is 12.6. The van der Waals surface area contributed by atoms with Gasteiger partial charge in [0, 0.05) is 32.3 Å². The Morgan fingerprint density at radius 3 is 2.34 bits per heavy atom. The van der Waals surface area contributed by atoms with Crippen LogP contribution in [0.15, 0.2) is 61.1 Å².